The SMILES string of the molecule is COc1cc(CO)cc(OC)c1-c1cccc2c(N(CC3CCOCC3)CC3CC3)c(OC)nn12. The molecular formula is C27H35N3O5. The van der Waals surface area contributed by atoms with Gasteiger partial charge < -0.3 is 29.0 Å². The Morgan fingerprint density at radius 2 is 1.63 bits per heavy atom. The molecule has 1 aliphatic heterocycles. The zero-order chi connectivity index (χ0) is 24.4. The molecule has 0 spiro atoms. The largest absolute Gasteiger partial charge is 0.496 e. The molecular weight excluding hydrogens is 446 g/mol. The van der Waals surface area contributed by atoms with Crippen molar-refractivity contribution in [1.29, 1.82) is 0 Å². The van der Waals surface area contributed by atoms with E-state index in [0.717, 1.165) is 73.1 Å². The minimum Gasteiger partial charge on any atom is -0.496 e. The van der Waals surface area contributed by atoms with E-state index in [0.29, 0.717) is 23.3 Å². The lowest BCUT2D eigenvalue weighted by atomic mass is 9.99. The molecule has 8 nitrogen and oxygen atoms in total. The summed E-state index contributed by atoms with van der Waals surface area (Å²) in [5.74, 6) is 3.18. The highest BCUT2D eigenvalue weighted by Gasteiger charge is 2.31. The van der Waals surface area contributed by atoms with Gasteiger partial charge in [0.2, 0.25) is 0 Å². The predicted octanol–water partition coefficient (Wildman–Crippen LogP) is 4.16. The van der Waals surface area contributed by atoms with E-state index in [1.807, 2.05) is 28.8 Å². The number of aliphatic hydroxyl groups is 1. The van der Waals surface area contributed by atoms with Crippen molar-refractivity contribution in [2.45, 2.75) is 32.3 Å². The standard InChI is InChI=1S/C27H35N3O5/c1-32-23-13-20(17-31)14-24(33-2)25(23)21-5-4-6-22-26(27(34-3)28-30(21)22)29(15-18-7-8-18)16-19-9-11-35-12-10-19/h4-6,13-14,18-19,31H,7-12,15-17H2,1-3H3. The minimum atomic E-state index is -0.0979. The van der Waals surface area contributed by atoms with E-state index in [1.54, 1.807) is 21.3 Å². The smallest absolute Gasteiger partial charge is 0.257 e. The quantitative estimate of drug-likeness (QED) is 0.466. The number of anilines is 1. The van der Waals surface area contributed by atoms with Crippen molar-refractivity contribution in [3.63, 3.8) is 0 Å². The lowest BCUT2D eigenvalue weighted by Crippen LogP contribution is -2.34. The van der Waals surface area contributed by atoms with Crippen molar-refractivity contribution in [2.24, 2.45) is 11.8 Å². The van der Waals surface area contributed by atoms with Crippen molar-refractivity contribution in [2.75, 3.05) is 52.5 Å². The number of hydrogen-bond acceptors (Lipinski definition) is 7. The first-order valence-corrected chi connectivity index (χ1v) is 12.4. The summed E-state index contributed by atoms with van der Waals surface area (Å²) in [6, 6.07) is 9.81. The van der Waals surface area contributed by atoms with Crippen molar-refractivity contribution in [3.05, 3.63) is 35.9 Å². The van der Waals surface area contributed by atoms with Crippen LogP contribution >= 0.6 is 0 Å². The highest BCUT2D eigenvalue weighted by Crippen LogP contribution is 2.43. The number of benzene rings is 1. The predicted molar refractivity (Wildman–Crippen MR) is 135 cm³/mol. The van der Waals surface area contributed by atoms with Gasteiger partial charge in [0.05, 0.1) is 44.7 Å². The fourth-order valence-corrected chi connectivity index (χ4v) is 5.08. The Balaban J connectivity index is 1.64. The molecule has 1 aromatic carbocycles. The Kier molecular flexibility index (Phi) is 7.02. The number of hydrogen-bond donors (Lipinski definition) is 1. The van der Waals surface area contributed by atoms with Crippen LogP contribution in [0.15, 0.2) is 30.3 Å². The van der Waals surface area contributed by atoms with E-state index in [1.165, 1.54) is 12.8 Å². The normalized spacial score (nSPS) is 16.5. The first-order valence-electron chi connectivity index (χ1n) is 12.4. The van der Waals surface area contributed by atoms with Crippen molar-refractivity contribution < 1.29 is 24.1 Å². The Labute approximate surface area is 206 Å². The van der Waals surface area contributed by atoms with E-state index < -0.39 is 0 Å². The first-order chi connectivity index (χ1) is 17.2. The summed E-state index contributed by atoms with van der Waals surface area (Å²) in [6.45, 7) is 3.55. The zero-order valence-electron chi connectivity index (χ0n) is 20.8. The average Bonchev–Trinajstić information content (AvgIpc) is 3.64. The monoisotopic (exact) mass is 481 g/mol. The number of aromatic nitrogens is 2. The Bertz CT molecular complexity index is 1140. The topological polar surface area (TPSA) is 77.7 Å². The average molecular weight is 482 g/mol. The molecule has 0 bridgehead atoms. The third-order valence-corrected chi connectivity index (χ3v) is 7.11. The molecule has 2 aromatic heterocycles. The number of nitrogens with zero attached hydrogens (tertiary/aromatic N) is 3. The van der Waals surface area contributed by atoms with Gasteiger partial charge in [0.1, 0.15) is 17.2 Å². The Morgan fingerprint density at radius 3 is 2.20 bits per heavy atom. The highest BCUT2D eigenvalue weighted by atomic mass is 16.5. The van der Waals surface area contributed by atoms with Crippen LogP contribution < -0.4 is 19.1 Å². The van der Waals surface area contributed by atoms with Gasteiger partial charge in [-0.1, -0.05) is 6.07 Å². The molecule has 5 rings (SSSR count). The molecule has 3 aromatic rings. The third-order valence-electron chi connectivity index (χ3n) is 7.11. The summed E-state index contributed by atoms with van der Waals surface area (Å²) in [4.78, 5) is 2.49. The van der Waals surface area contributed by atoms with Crippen molar-refractivity contribution >= 4 is 11.2 Å². The van der Waals surface area contributed by atoms with E-state index in [4.69, 9.17) is 24.0 Å². The number of methoxy groups -OCH3 is 3. The molecule has 0 atom stereocenters. The lowest BCUT2D eigenvalue weighted by Gasteiger charge is -2.31. The molecule has 35 heavy (non-hydrogen) atoms. The van der Waals surface area contributed by atoms with Crippen molar-refractivity contribution in [3.8, 4) is 28.6 Å². The van der Waals surface area contributed by atoms with Gasteiger partial charge in [0.25, 0.3) is 5.88 Å². The summed E-state index contributed by atoms with van der Waals surface area (Å²) in [5, 5.41) is 14.6. The molecule has 2 aliphatic rings. The summed E-state index contributed by atoms with van der Waals surface area (Å²) in [6.07, 6.45) is 4.73. The summed E-state index contributed by atoms with van der Waals surface area (Å²) < 4.78 is 24.8. The molecule has 1 aliphatic carbocycles. The van der Waals surface area contributed by atoms with Crippen LogP contribution in [-0.2, 0) is 11.3 Å². The summed E-state index contributed by atoms with van der Waals surface area (Å²) >= 11 is 0. The molecule has 1 N–H and O–H groups in total. The van der Waals surface area contributed by atoms with Crippen LogP contribution in [0.1, 0.15) is 31.2 Å². The molecule has 1 saturated heterocycles. The van der Waals surface area contributed by atoms with Crippen LogP contribution in [0.5, 0.6) is 17.4 Å². The molecule has 0 unspecified atom stereocenters. The molecule has 3 heterocycles. The number of aliphatic hydroxyl groups excluding tert-OH is 1. The fraction of sp³-hybridized carbons (Fsp3) is 0.519. The highest BCUT2D eigenvalue weighted by molar-refractivity contribution is 5.84. The second-order valence-electron chi connectivity index (χ2n) is 9.50. The van der Waals surface area contributed by atoms with Gasteiger partial charge in [-0.25, -0.2) is 4.52 Å². The fourth-order valence-electron chi connectivity index (χ4n) is 5.08. The van der Waals surface area contributed by atoms with Crippen LogP contribution in [0.3, 0.4) is 0 Å². The lowest BCUT2D eigenvalue weighted by molar-refractivity contribution is 0.0681. The molecule has 1 saturated carbocycles. The van der Waals surface area contributed by atoms with Gasteiger partial charge in [0, 0.05) is 26.3 Å². The van der Waals surface area contributed by atoms with Crippen LogP contribution in [0.4, 0.5) is 5.69 Å². The van der Waals surface area contributed by atoms with Gasteiger partial charge in [-0.3, -0.25) is 0 Å². The van der Waals surface area contributed by atoms with Crippen LogP contribution in [0, 0.1) is 11.8 Å². The number of fused-ring (bicyclic) bond motifs is 1. The number of pyridine rings is 1. The van der Waals surface area contributed by atoms with E-state index in [2.05, 4.69) is 11.0 Å². The second-order valence-corrected chi connectivity index (χ2v) is 9.50. The molecule has 0 radical (unpaired) electrons. The maximum atomic E-state index is 9.70. The zero-order valence-corrected chi connectivity index (χ0v) is 20.8. The minimum absolute atomic E-state index is 0.0979. The molecule has 0 amide bonds. The Hall–Kier alpha value is -2.97. The second kappa shape index (κ2) is 10.3. The number of rotatable bonds is 10. The van der Waals surface area contributed by atoms with Crippen LogP contribution in [0.25, 0.3) is 16.8 Å². The molecule has 8 heteroatoms. The van der Waals surface area contributed by atoms with Crippen molar-refractivity contribution in [1.82, 2.24) is 9.61 Å². The maximum absolute atomic E-state index is 9.70. The summed E-state index contributed by atoms with van der Waals surface area (Å²) in [5.41, 5.74) is 4.37. The van der Waals surface area contributed by atoms with Crippen LogP contribution in [0.2, 0.25) is 0 Å². The summed E-state index contributed by atoms with van der Waals surface area (Å²) in [7, 11) is 4.94. The third kappa shape index (κ3) is 4.77. The Morgan fingerprint density at radius 1 is 0.971 bits per heavy atom. The van der Waals surface area contributed by atoms with E-state index in [9.17, 15) is 5.11 Å². The first kappa shape index (κ1) is 23.8. The van der Waals surface area contributed by atoms with E-state index in [-0.39, 0.29) is 6.61 Å². The van der Waals surface area contributed by atoms with Gasteiger partial charge >= 0.3 is 0 Å². The van der Waals surface area contributed by atoms with Gasteiger partial charge in [0.15, 0.2) is 0 Å². The van der Waals surface area contributed by atoms with Gasteiger partial charge in [-0.2, -0.15) is 0 Å². The van der Waals surface area contributed by atoms with E-state index >= 15 is 0 Å². The maximum Gasteiger partial charge on any atom is 0.257 e. The van der Waals surface area contributed by atoms with Gasteiger partial charge in [-0.05, 0) is 67.3 Å². The molecule has 188 valence electrons. The number of ether oxygens (including phenoxy) is 4. The van der Waals surface area contributed by atoms with Gasteiger partial charge in [-0.15, -0.1) is 5.10 Å². The molecule has 2 fully saturated rings. The van der Waals surface area contributed by atoms with Crippen LogP contribution in [-0.4, -0.2) is 62.4 Å².